The molecular weight excluding hydrogens is 273 g/mol. The van der Waals surface area contributed by atoms with Gasteiger partial charge in [0.15, 0.2) is 0 Å². The van der Waals surface area contributed by atoms with Gasteiger partial charge in [0.05, 0.1) is 5.69 Å². The van der Waals surface area contributed by atoms with E-state index in [0.29, 0.717) is 5.56 Å². The second-order valence-electron chi connectivity index (χ2n) is 5.51. The van der Waals surface area contributed by atoms with E-state index in [4.69, 9.17) is 0 Å². The molecule has 4 rings (SSSR count). The molecule has 3 aromatic carbocycles. The molecule has 0 aliphatic heterocycles. The van der Waals surface area contributed by atoms with Gasteiger partial charge >= 0.3 is 0 Å². The minimum absolute atomic E-state index is 0.197. The lowest BCUT2D eigenvalue weighted by Crippen LogP contribution is -1.89. The molecule has 0 aliphatic rings. The minimum Gasteiger partial charge on any atom is -0.256 e. The third kappa shape index (κ3) is 1.96. The van der Waals surface area contributed by atoms with E-state index in [9.17, 15) is 4.39 Å². The summed E-state index contributed by atoms with van der Waals surface area (Å²) in [6, 6.07) is 19.7. The number of aryl methyl sites for hydroxylation is 1. The van der Waals surface area contributed by atoms with Gasteiger partial charge in [-0.1, -0.05) is 48.5 Å². The highest BCUT2D eigenvalue weighted by Gasteiger charge is 2.09. The topological polar surface area (TPSA) is 12.9 Å². The average Bonchev–Trinajstić information content (AvgIpc) is 2.56. The zero-order valence-corrected chi connectivity index (χ0v) is 12.2. The molecule has 1 heterocycles. The van der Waals surface area contributed by atoms with Crippen molar-refractivity contribution < 1.29 is 4.39 Å². The van der Waals surface area contributed by atoms with Crippen LogP contribution in [0.4, 0.5) is 4.39 Å². The van der Waals surface area contributed by atoms with E-state index in [-0.39, 0.29) is 5.82 Å². The Morgan fingerprint density at radius 3 is 2.55 bits per heavy atom. The summed E-state index contributed by atoms with van der Waals surface area (Å²) in [4.78, 5) is 4.49. The first-order valence-corrected chi connectivity index (χ1v) is 7.27. The fourth-order valence-corrected chi connectivity index (χ4v) is 2.91. The van der Waals surface area contributed by atoms with Crippen molar-refractivity contribution in [1.29, 1.82) is 0 Å². The van der Waals surface area contributed by atoms with Gasteiger partial charge in [-0.15, -0.1) is 0 Å². The first-order chi connectivity index (χ1) is 10.7. The van der Waals surface area contributed by atoms with E-state index in [2.05, 4.69) is 29.2 Å². The molecule has 0 saturated heterocycles. The zero-order valence-electron chi connectivity index (χ0n) is 12.2. The van der Waals surface area contributed by atoms with Gasteiger partial charge in [0.25, 0.3) is 0 Å². The number of nitrogens with zero attached hydrogens (tertiary/aromatic N) is 1. The molecule has 106 valence electrons. The summed E-state index contributed by atoms with van der Waals surface area (Å²) in [5.74, 6) is -0.197. The lowest BCUT2D eigenvalue weighted by molar-refractivity contribution is 0.619. The van der Waals surface area contributed by atoms with Crippen LogP contribution in [-0.4, -0.2) is 4.98 Å². The maximum atomic E-state index is 13.9. The van der Waals surface area contributed by atoms with Crippen LogP contribution in [0.1, 0.15) is 5.56 Å². The van der Waals surface area contributed by atoms with Crippen molar-refractivity contribution in [2.45, 2.75) is 6.92 Å². The molecule has 2 heteroatoms. The predicted molar refractivity (Wildman–Crippen MR) is 89.4 cm³/mol. The molecule has 22 heavy (non-hydrogen) atoms. The highest BCUT2D eigenvalue weighted by molar-refractivity contribution is 6.11. The molecule has 0 spiro atoms. The molecule has 0 saturated carbocycles. The highest BCUT2D eigenvalue weighted by Crippen LogP contribution is 2.32. The van der Waals surface area contributed by atoms with E-state index in [1.165, 1.54) is 10.8 Å². The Morgan fingerprint density at radius 1 is 0.818 bits per heavy atom. The second-order valence-corrected chi connectivity index (χ2v) is 5.51. The number of hydrogen-bond donors (Lipinski definition) is 0. The van der Waals surface area contributed by atoms with Crippen LogP contribution in [0.5, 0.6) is 0 Å². The van der Waals surface area contributed by atoms with Crippen molar-refractivity contribution in [3.05, 3.63) is 78.2 Å². The van der Waals surface area contributed by atoms with Crippen LogP contribution in [0, 0.1) is 12.7 Å². The van der Waals surface area contributed by atoms with Crippen LogP contribution >= 0.6 is 0 Å². The Morgan fingerprint density at radius 2 is 1.68 bits per heavy atom. The molecular formula is C20H14FN. The third-order valence-electron chi connectivity index (χ3n) is 4.12. The second kappa shape index (κ2) is 4.92. The zero-order chi connectivity index (χ0) is 15.1. The molecule has 4 aromatic rings. The van der Waals surface area contributed by atoms with Gasteiger partial charge in [0.1, 0.15) is 5.82 Å². The molecule has 1 aromatic heterocycles. The third-order valence-corrected chi connectivity index (χ3v) is 4.12. The van der Waals surface area contributed by atoms with Crippen LogP contribution in [0.3, 0.4) is 0 Å². The Labute approximate surface area is 128 Å². The summed E-state index contributed by atoms with van der Waals surface area (Å²) in [5.41, 5.74) is 2.28. The molecule has 0 fully saturated rings. The van der Waals surface area contributed by atoms with Crippen LogP contribution in [0.2, 0.25) is 0 Å². The maximum Gasteiger partial charge on any atom is 0.126 e. The molecule has 0 aliphatic carbocycles. The standard InChI is InChI=1S/C20H14FN/c1-13-6-7-15(12-19(13)21)20-18-9-8-14-4-2-3-5-16(14)17(18)10-11-22-20/h2-12H,1H3. The molecule has 0 radical (unpaired) electrons. The summed E-state index contributed by atoms with van der Waals surface area (Å²) >= 11 is 0. The Kier molecular flexibility index (Phi) is 2.90. The fourth-order valence-electron chi connectivity index (χ4n) is 2.91. The summed E-state index contributed by atoms with van der Waals surface area (Å²) in [7, 11) is 0. The smallest absolute Gasteiger partial charge is 0.126 e. The minimum atomic E-state index is -0.197. The van der Waals surface area contributed by atoms with Gasteiger partial charge in [-0.2, -0.15) is 0 Å². The van der Waals surface area contributed by atoms with Crippen molar-refractivity contribution in [2.75, 3.05) is 0 Å². The maximum absolute atomic E-state index is 13.9. The molecule has 0 atom stereocenters. The van der Waals surface area contributed by atoms with Crippen LogP contribution in [0.15, 0.2) is 66.9 Å². The van der Waals surface area contributed by atoms with Gasteiger partial charge in [-0.05, 0) is 40.8 Å². The number of halogens is 1. The molecule has 1 nitrogen and oxygen atoms in total. The SMILES string of the molecule is Cc1ccc(-c2nccc3c2ccc2ccccc23)cc1F. The van der Waals surface area contributed by atoms with Gasteiger partial charge < -0.3 is 0 Å². The Balaban J connectivity index is 2.06. The van der Waals surface area contributed by atoms with Crippen molar-refractivity contribution in [1.82, 2.24) is 4.98 Å². The molecule has 0 unspecified atom stereocenters. The summed E-state index contributed by atoms with van der Waals surface area (Å²) < 4.78 is 13.9. The monoisotopic (exact) mass is 287 g/mol. The first kappa shape index (κ1) is 13.0. The molecule has 0 N–H and O–H groups in total. The van der Waals surface area contributed by atoms with E-state index < -0.39 is 0 Å². The molecule has 0 bridgehead atoms. The number of rotatable bonds is 1. The van der Waals surface area contributed by atoms with Crippen molar-refractivity contribution in [2.24, 2.45) is 0 Å². The number of fused-ring (bicyclic) bond motifs is 3. The Bertz CT molecular complexity index is 1000. The summed E-state index contributed by atoms with van der Waals surface area (Å²) in [6.07, 6.45) is 1.79. The van der Waals surface area contributed by atoms with E-state index in [1.807, 2.05) is 24.3 Å². The first-order valence-electron chi connectivity index (χ1n) is 7.27. The quantitative estimate of drug-likeness (QED) is 0.421. The highest BCUT2D eigenvalue weighted by atomic mass is 19.1. The van der Waals surface area contributed by atoms with E-state index in [1.54, 1.807) is 25.3 Å². The van der Waals surface area contributed by atoms with E-state index >= 15 is 0 Å². The lowest BCUT2D eigenvalue weighted by Gasteiger charge is -2.09. The number of aromatic nitrogens is 1. The van der Waals surface area contributed by atoms with Crippen molar-refractivity contribution >= 4 is 21.5 Å². The normalized spacial score (nSPS) is 11.2. The van der Waals surface area contributed by atoms with Crippen LogP contribution < -0.4 is 0 Å². The number of benzene rings is 3. The average molecular weight is 287 g/mol. The van der Waals surface area contributed by atoms with Crippen molar-refractivity contribution in [3.8, 4) is 11.3 Å². The number of pyridine rings is 1. The largest absolute Gasteiger partial charge is 0.256 e. The summed E-state index contributed by atoms with van der Waals surface area (Å²) in [6.45, 7) is 1.77. The van der Waals surface area contributed by atoms with E-state index in [0.717, 1.165) is 22.0 Å². The van der Waals surface area contributed by atoms with Gasteiger partial charge in [0, 0.05) is 17.1 Å². The van der Waals surface area contributed by atoms with Gasteiger partial charge in [-0.25, -0.2) is 4.39 Å². The Hall–Kier alpha value is -2.74. The van der Waals surface area contributed by atoms with Crippen LogP contribution in [0.25, 0.3) is 32.8 Å². The van der Waals surface area contributed by atoms with Crippen LogP contribution in [-0.2, 0) is 0 Å². The fraction of sp³-hybridized carbons (Fsp3) is 0.0500. The van der Waals surface area contributed by atoms with Gasteiger partial charge in [0.2, 0.25) is 0 Å². The summed E-state index contributed by atoms with van der Waals surface area (Å²) in [5, 5.41) is 4.58. The predicted octanol–water partition coefficient (Wildman–Crippen LogP) is 5.50. The number of hydrogen-bond acceptors (Lipinski definition) is 1. The van der Waals surface area contributed by atoms with Crippen molar-refractivity contribution in [3.63, 3.8) is 0 Å². The molecule has 0 amide bonds. The van der Waals surface area contributed by atoms with Gasteiger partial charge in [-0.3, -0.25) is 4.98 Å². The lowest BCUT2D eigenvalue weighted by atomic mass is 9.98.